The van der Waals surface area contributed by atoms with Crippen molar-refractivity contribution in [2.24, 2.45) is 0 Å². The average molecular weight is 450 g/mol. The number of sulfone groups is 1. The zero-order chi connectivity index (χ0) is 21.1. The highest BCUT2D eigenvalue weighted by Gasteiger charge is 2.34. The summed E-state index contributed by atoms with van der Waals surface area (Å²) in [5.74, 6) is 1.04. The molecule has 1 amide bonds. The first kappa shape index (κ1) is 21.0. The van der Waals surface area contributed by atoms with Crippen molar-refractivity contribution in [2.45, 2.75) is 31.8 Å². The summed E-state index contributed by atoms with van der Waals surface area (Å²) in [4.78, 5) is 15.0. The summed E-state index contributed by atoms with van der Waals surface area (Å²) in [5, 5.41) is 0.412. The summed E-state index contributed by atoms with van der Waals surface area (Å²) in [6, 6.07) is 12.8. The summed E-state index contributed by atoms with van der Waals surface area (Å²) < 4.78 is 35.4. The molecular formula is C22H24ClNO5S. The highest BCUT2D eigenvalue weighted by atomic mass is 35.5. The molecule has 1 atom stereocenters. The Hall–Kier alpha value is -2.25. The first-order valence-electron chi connectivity index (χ1n) is 10.0. The Kier molecular flexibility index (Phi) is 6.20. The Labute approximate surface area is 181 Å². The van der Waals surface area contributed by atoms with Gasteiger partial charge in [0.15, 0.2) is 21.3 Å². The van der Waals surface area contributed by atoms with Crippen LogP contribution in [0.3, 0.4) is 0 Å². The number of rotatable bonds is 5. The topological polar surface area (TPSA) is 72.9 Å². The van der Waals surface area contributed by atoms with E-state index in [1.165, 1.54) is 0 Å². The molecule has 6 nitrogen and oxygen atoms in total. The van der Waals surface area contributed by atoms with Gasteiger partial charge in [0.25, 0.3) is 0 Å². The predicted molar refractivity (Wildman–Crippen MR) is 115 cm³/mol. The van der Waals surface area contributed by atoms with Crippen LogP contribution < -0.4 is 9.47 Å². The Bertz CT molecular complexity index is 1030. The molecular weight excluding hydrogens is 426 g/mol. The Morgan fingerprint density at radius 3 is 2.60 bits per heavy atom. The zero-order valence-corrected chi connectivity index (χ0v) is 18.1. The highest BCUT2D eigenvalue weighted by Crippen LogP contribution is 2.38. The lowest BCUT2D eigenvalue weighted by molar-refractivity contribution is -0.133. The van der Waals surface area contributed by atoms with Gasteiger partial charge in [0.2, 0.25) is 5.91 Å². The van der Waals surface area contributed by atoms with Crippen LogP contribution in [0.4, 0.5) is 0 Å². The number of benzene rings is 2. The third-order valence-corrected chi connectivity index (χ3v) is 7.41. The number of hydrogen-bond donors (Lipinski definition) is 0. The van der Waals surface area contributed by atoms with E-state index in [1.807, 2.05) is 30.3 Å². The molecule has 0 aromatic heterocycles. The van der Waals surface area contributed by atoms with Crippen LogP contribution in [-0.2, 0) is 27.6 Å². The van der Waals surface area contributed by atoms with E-state index in [2.05, 4.69) is 0 Å². The van der Waals surface area contributed by atoms with Crippen molar-refractivity contribution < 1.29 is 22.7 Å². The van der Waals surface area contributed by atoms with Gasteiger partial charge >= 0.3 is 0 Å². The molecule has 2 aromatic carbocycles. The Morgan fingerprint density at radius 1 is 1.10 bits per heavy atom. The van der Waals surface area contributed by atoms with Crippen molar-refractivity contribution in [1.82, 2.24) is 4.90 Å². The fourth-order valence-electron chi connectivity index (χ4n) is 3.88. The number of hydrogen-bond acceptors (Lipinski definition) is 5. The van der Waals surface area contributed by atoms with Crippen molar-refractivity contribution in [3.8, 4) is 11.5 Å². The largest absolute Gasteiger partial charge is 0.489 e. The van der Waals surface area contributed by atoms with E-state index >= 15 is 0 Å². The second-order valence-corrected chi connectivity index (χ2v) is 10.3. The maximum atomic E-state index is 13.3. The van der Waals surface area contributed by atoms with Crippen molar-refractivity contribution in [3.63, 3.8) is 0 Å². The molecule has 2 heterocycles. The number of fused-ring (bicyclic) bond motifs is 1. The maximum absolute atomic E-state index is 13.3. The lowest BCUT2D eigenvalue weighted by Crippen LogP contribution is -2.41. The van der Waals surface area contributed by atoms with Crippen LogP contribution in [-0.4, -0.2) is 50.0 Å². The van der Waals surface area contributed by atoms with Crippen LogP contribution in [0.1, 0.15) is 24.0 Å². The minimum Gasteiger partial charge on any atom is -0.489 e. The van der Waals surface area contributed by atoms with Crippen LogP contribution in [0.2, 0.25) is 5.02 Å². The van der Waals surface area contributed by atoms with Crippen LogP contribution in [0.5, 0.6) is 11.5 Å². The number of halogens is 1. The summed E-state index contributed by atoms with van der Waals surface area (Å²) in [6.07, 6.45) is 1.34. The van der Waals surface area contributed by atoms with Crippen LogP contribution in [0.15, 0.2) is 42.5 Å². The van der Waals surface area contributed by atoms with Gasteiger partial charge in [-0.05, 0) is 29.7 Å². The smallest absolute Gasteiger partial charge is 0.227 e. The van der Waals surface area contributed by atoms with E-state index < -0.39 is 9.84 Å². The summed E-state index contributed by atoms with van der Waals surface area (Å²) in [6.45, 7) is 1.44. The number of carbonyl (C=O) groups is 1. The number of nitrogens with zero attached hydrogens (tertiary/aromatic N) is 1. The fourth-order valence-corrected chi connectivity index (χ4v) is 5.90. The Balaban J connectivity index is 1.57. The third kappa shape index (κ3) is 4.90. The minimum atomic E-state index is -3.11. The molecule has 8 heteroatoms. The predicted octanol–water partition coefficient (Wildman–Crippen LogP) is 3.26. The molecule has 30 heavy (non-hydrogen) atoms. The van der Waals surface area contributed by atoms with E-state index in [4.69, 9.17) is 21.1 Å². The van der Waals surface area contributed by atoms with Gasteiger partial charge in [0, 0.05) is 19.0 Å². The molecule has 1 fully saturated rings. The molecule has 0 N–H and O–H groups in total. The molecule has 0 radical (unpaired) electrons. The molecule has 4 rings (SSSR count). The van der Waals surface area contributed by atoms with Gasteiger partial charge in [-0.2, -0.15) is 0 Å². The standard InChI is InChI=1S/C22H24ClNO5S/c23-19-11-17(12-20-22(19)29-9-4-8-28-20)13-21(25)24(14-16-5-2-1-3-6-16)18-7-10-30(26,27)15-18/h1-3,5-6,11-12,18H,4,7-10,13-15H2. The van der Waals surface area contributed by atoms with Gasteiger partial charge in [-0.25, -0.2) is 8.42 Å². The summed E-state index contributed by atoms with van der Waals surface area (Å²) in [5.41, 5.74) is 1.68. The van der Waals surface area contributed by atoms with Crippen LogP contribution in [0, 0.1) is 0 Å². The molecule has 1 saturated heterocycles. The highest BCUT2D eigenvalue weighted by molar-refractivity contribution is 7.91. The summed E-state index contributed by atoms with van der Waals surface area (Å²) in [7, 11) is -3.11. The van der Waals surface area contributed by atoms with Gasteiger partial charge < -0.3 is 14.4 Å². The van der Waals surface area contributed by atoms with Gasteiger partial charge in [0.05, 0.1) is 36.2 Å². The SMILES string of the molecule is O=C(Cc1cc(Cl)c2c(c1)OCCCO2)N(Cc1ccccc1)C1CCS(=O)(=O)C1. The maximum Gasteiger partial charge on any atom is 0.227 e. The second-order valence-electron chi connectivity index (χ2n) is 7.70. The molecule has 1 unspecified atom stereocenters. The van der Waals surface area contributed by atoms with Gasteiger partial charge in [-0.3, -0.25) is 4.79 Å². The van der Waals surface area contributed by atoms with E-state index in [-0.39, 0.29) is 29.9 Å². The molecule has 0 bridgehead atoms. The van der Waals surface area contributed by atoms with Gasteiger partial charge in [-0.1, -0.05) is 41.9 Å². The third-order valence-electron chi connectivity index (χ3n) is 5.38. The normalized spacial score (nSPS) is 19.8. The lowest BCUT2D eigenvalue weighted by Gasteiger charge is -2.29. The second kappa shape index (κ2) is 8.86. The molecule has 2 aromatic rings. The quantitative estimate of drug-likeness (QED) is 0.700. The molecule has 0 saturated carbocycles. The van der Waals surface area contributed by atoms with E-state index in [0.717, 1.165) is 12.0 Å². The van der Waals surface area contributed by atoms with E-state index in [0.29, 0.717) is 48.3 Å². The van der Waals surface area contributed by atoms with Crippen molar-refractivity contribution >= 4 is 27.3 Å². The zero-order valence-electron chi connectivity index (χ0n) is 16.6. The molecule has 2 aliphatic rings. The summed E-state index contributed by atoms with van der Waals surface area (Å²) >= 11 is 6.37. The van der Waals surface area contributed by atoms with E-state index in [1.54, 1.807) is 17.0 Å². The van der Waals surface area contributed by atoms with Crippen molar-refractivity contribution in [2.75, 3.05) is 24.7 Å². The lowest BCUT2D eigenvalue weighted by atomic mass is 10.1. The van der Waals surface area contributed by atoms with Gasteiger partial charge in [0.1, 0.15) is 0 Å². The van der Waals surface area contributed by atoms with Crippen LogP contribution >= 0.6 is 11.6 Å². The van der Waals surface area contributed by atoms with Crippen molar-refractivity contribution in [1.29, 1.82) is 0 Å². The fraction of sp³-hybridized carbons (Fsp3) is 0.409. The molecule has 0 aliphatic carbocycles. The number of carbonyl (C=O) groups excluding carboxylic acids is 1. The molecule has 0 spiro atoms. The Morgan fingerprint density at radius 2 is 1.87 bits per heavy atom. The number of amides is 1. The van der Waals surface area contributed by atoms with Crippen molar-refractivity contribution in [3.05, 3.63) is 58.6 Å². The number of ether oxygens (including phenoxy) is 2. The molecule has 160 valence electrons. The molecule has 2 aliphatic heterocycles. The average Bonchev–Trinajstić information content (AvgIpc) is 2.91. The minimum absolute atomic E-state index is 0.00741. The van der Waals surface area contributed by atoms with E-state index in [9.17, 15) is 13.2 Å². The monoisotopic (exact) mass is 449 g/mol. The van der Waals surface area contributed by atoms with Gasteiger partial charge in [-0.15, -0.1) is 0 Å². The first-order chi connectivity index (χ1) is 14.4. The first-order valence-corrected chi connectivity index (χ1v) is 12.2. The van der Waals surface area contributed by atoms with Crippen LogP contribution in [0.25, 0.3) is 0 Å².